The molecule has 0 aromatic rings. The summed E-state index contributed by atoms with van der Waals surface area (Å²) in [5, 5.41) is 9.35. The molecule has 88 valence electrons. The molecule has 1 atom stereocenters. The second-order valence-corrected chi connectivity index (χ2v) is 4.63. The fourth-order valence-electron chi connectivity index (χ4n) is 2.40. The number of rotatable bonds is 5. The van der Waals surface area contributed by atoms with Crippen LogP contribution in [0.2, 0.25) is 0 Å². The zero-order valence-corrected chi connectivity index (χ0v) is 9.79. The topological polar surface area (TPSA) is 46.5 Å². The first-order valence-electron chi connectivity index (χ1n) is 5.95. The van der Waals surface area contributed by atoms with E-state index in [1.54, 1.807) is 0 Å². The quantitative estimate of drug-likeness (QED) is 0.765. The zero-order valence-electron chi connectivity index (χ0n) is 9.79. The third-order valence-corrected chi connectivity index (χ3v) is 3.61. The highest BCUT2D eigenvalue weighted by Gasteiger charge is 2.41. The van der Waals surface area contributed by atoms with Crippen LogP contribution >= 0.6 is 0 Å². The highest BCUT2D eigenvalue weighted by molar-refractivity contribution is 5.74. The van der Waals surface area contributed by atoms with Crippen LogP contribution in [0.15, 0.2) is 0 Å². The molecule has 0 aromatic heterocycles. The molecule has 0 aliphatic carbocycles. The van der Waals surface area contributed by atoms with Crippen LogP contribution in [0.4, 0.5) is 0 Å². The van der Waals surface area contributed by atoms with E-state index < -0.39 is 11.4 Å². The van der Waals surface area contributed by atoms with Gasteiger partial charge in [0.25, 0.3) is 0 Å². The minimum Gasteiger partial charge on any atom is -0.481 e. The van der Waals surface area contributed by atoms with Gasteiger partial charge in [0.2, 0.25) is 0 Å². The third-order valence-electron chi connectivity index (χ3n) is 3.61. The number of carboxylic acids is 1. The summed E-state index contributed by atoms with van der Waals surface area (Å²) >= 11 is 0. The molecule has 0 amide bonds. The Morgan fingerprint density at radius 3 is 2.53 bits per heavy atom. The number of carboxylic acid groups (broad SMARTS) is 1. The largest absolute Gasteiger partial charge is 0.481 e. The highest BCUT2D eigenvalue weighted by atomic mass is 16.5. The van der Waals surface area contributed by atoms with E-state index in [2.05, 4.69) is 13.8 Å². The molecule has 1 aliphatic rings. The minimum absolute atomic E-state index is 0.402. The van der Waals surface area contributed by atoms with Crippen molar-refractivity contribution in [2.24, 2.45) is 11.3 Å². The Balaban J connectivity index is 2.67. The summed E-state index contributed by atoms with van der Waals surface area (Å²) < 4.78 is 5.36. The second-order valence-electron chi connectivity index (χ2n) is 4.63. The molecule has 0 radical (unpaired) electrons. The number of hydrogen-bond donors (Lipinski definition) is 1. The number of hydrogen-bond acceptors (Lipinski definition) is 2. The molecular weight excluding hydrogens is 192 g/mol. The number of carbonyl (C=O) groups is 1. The average Bonchev–Trinajstić information content (AvgIpc) is 2.27. The number of ether oxygens (including phenoxy) is 1. The Morgan fingerprint density at radius 2 is 2.13 bits per heavy atom. The van der Waals surface area contributed by atoms with Crippen molar-refractivity contribution < 1.29 is 14.6 Å². The van der Waals surface area contributed by atoms with Gasteiger partial charge in [0, 0.05) is 6.61 Å². The fourth-order valence-corrected chi connectivity index (χ4v) is 2.40. The van der Waals surface area contributed by atoms with Gasteiger partial charge < -0.3 is 9.84 Å². The summed E-state index contributed by atoms with van der Waals surface area (Å²) in [5.74, 6) is -0.156. The summed E-state index contributed by atoms with van der Waals surface area (Å²) in [4.78, 5) is 11.4. The Kier molecular flexibility index (Phi) is 4.58. The standard InChI is InChI=1S/C12H22O3/c1-3-10(4-2)8-12(11(13)14)6-5-7-15-9-12/h10H,3-9H2,1-2H3,(H,13,14). The van der Waals surface area contributed by atoms with Gasteiger partial charge in [-0.2, -0.15) is 0 Å². The zero-order chi connectivity index (χ0) is 11.3. The molecule has 0 spiro atoms. The Morgan fingerprint density at radius 1 is 1.47 bits per heavy atom. The van der Waals surface area contributed by atoms with Gasteiger partial charge in [-0.25, -0.2) is 0 Å². The normalized spacial score (nSPS) is 26.9. The highest BCUT2D eigenvalue weighted by Crippen LogP contribution is 2.37. The second kappa shape index (κ2) is 5.50. The van der Waals surface area contributed by atoms with Crippen LogP contribution in [-0.2, 0) is 9.53 Å². The first-order valence-corrected chi connectivity index (χ1v) is 5.95. The summed E-state index contributed by atoms with van der Waals surface area (Å²) in [5.41, 5.74) is -0.602. The monoisotopic (exact) mass is 214 g/mol. The molecule has 1 aliphatic heterocycles. The van der Waals surface area contributed by atoms with Crippen molar-refractivity contribution in [1.82, 2.24) is 0 Å². The summed E-state index contributed by atoms with van der Waals surface area (Å²) in [6.07, 6.45) is 4.55. The molecular formula is C12H22O3. The molecule has 3 nitrogen and oxygen atoms in total. The lowest BCUT2D eigenvalue weighted by Crippen LogP contribution is -2.40. The van der Waals surface area contributed by atoms with Crippen molar-refractivity contribution >= 4 is 5.97 Å². The van der Waals surface area contributed by atoms with Gasteiger partial charge in [-0.05, 0) is 25.2 Å². The molecule has 1 rings (SSSR count). The Hall–Kier alpha value is -0.570. The molecule has 1 heterocycles. The average molecular weight is 214 g/mol. The van der Waals surface area contributed by atoms with Crippen molar-refractivity contribution in [3.05, 3.63) is 0 Å². The lowest BCUT2D eigenvalue weighted by Gasteiger charge is -2.35. The SMILES string of the molecule is CCC(CC)CC1(C(=O)O)CCCOC1. The van der Waals surface area contributed by atoms with Gasteiger partial charge in [-0.1, -0.05) is 26.7 Å². The van der Waals surface area contributed by atoms with E-state index in [1.165, 1.54) is 0 Å². The van der Waals surface area contributed by atoms with E-state index in [0.717, 1.165) is 38.7 Å². The van der Waals surface area contributed by atoms with E-state index in [1.807, 2.05) is 0 Å². The molecule has 0 bridgehead atoms. The minimum atomic E-state index is -0.672. The molecule has 15 heavy (non-hydrogen) atoms. The maximum Gasteiger partial charge on any atom is 0.311 e. The van der Waals surface area contributed by atoms with Gasteiger partial charge in [0.05, 0.1) is 12.0 Å². The Labute approximate surface area is 91.8 Å². The maximum absolute atomic E-state index is 11.4. The first kappa shape index (κ1) is 12.5. The van der Waals surface area contributed by atoms with Crippen LogP contribution in [-0.4, -0.2) is 24.3 Å². The van der Waals surface area contributed by atoms with Crippen LogP contribution in [0.25, 0.3) is 0 Å². The van der Waals surface area contributed by atoms with Gasteiger partial charge in [0.1, 0.15) is 0 Å². The molecule has 0 aromatic carbocycles. The number of aliphatic carboxylic acids is 1. The fraction of sp³-hybridized carbons (Fsp3) is 0.917. The smallest absolute Gasteiger partial charge is 0.311 e. The molecule has 1 unspecified atom stereocenters. The lowest BCUT2D eigenvalue weighted by molar-refractivity contribution is -0.159. The van der Waals surface area contributed by atoms with Crippen molar-refractivity contribution in [2.45, 2.75) is 46.0 Å². The van der Waals surface area contributed by atoms with Crippen molar-refractivity contribution in [3.8, 4) is 0 Å². The predicted molar refractivity (Wildman–Crippen MR) is 58.8 cm³/mol. The molecule has 3 heteroatoms. The van der Waals surface area contributed by atoms with E-state index in [9.17, 15) is 9.90 Å². The predicted octanol–water partition coefficient (Wildman–Crippen LogP) is 2.69. The molecule has 0 saturated carbocycles. The van der Waals surface area contributed by atoms with Gasteiger partial charge >= 0.3 is 5.97 Å². The van der Waals surface area contributed by atoms with E-state index in [-0.39, 0.29) is 0 Å². The van der Waals surface area contributed by atoms with Crippen LogP contribution in [0.1, 0.15) is 46.0 Å². The van der Waals surface area contributed by atoms with E-state index in [0.29, 0.717) is 12.5 Å². The molecule has 1 saturated heterocycles. The summed E-state index contributed by atoms with van der Waals surface area (Å²) in [7, 11) is 0. The molecule has 1 fully saturated rings. The van der Waals surface area contributed by atoms with Crippen LogP contribution < -0.4 is 0 Å². The maximum atomic E-state index is 11.4. The lowest BCUT2D eigenvalue weighted by atomic mass is 9.74. The van der Waals surface area contributed by atoms with Crippen molar-refractivity contribution in [1.29, 1.82) is 0 Å². The van der Waals surface area contributed by atoms with Crippen molar-refractivity contribution in [3.63, 3.8) is 0 Å². The van der Waals surface area contributed by atoms with Crippen LogP contribution in [0.5, 0.6) is 0 Å². The summed E-state index contributed by atoms with van der Waals surface area (Å²) in [6, 6.07) is 0. The van der Waals surface area contributed by atoms with Crippen molar-refractivity contribution in [2.75, 3.05) is 13.2 Å². The van der Waals surface area contributed by atoms with E-state index in [4.69, 9.17) is 4.74 Å². The third kappa shape index (κ3) is 2.94. The van der Waals surface area contributed by atoms with Crippen LogP contribution in [0, 0.1) is 11.3 Å². The van der Waals surface area contributed by atoms with Crippen LogP contribution in [0.3, 0.4) is 0 Å². The first-order chi connectivity index (χ1) is 7.14. The van der Waals surface area contributed by atoms with Gasteiger partial charge in [-0.3, -0.25) is 4.79 Å². The van der Waals surface area contributed by atoms with Gasteiger partial charge in [0.15, 0.2) is 0 Å². The van der Waals surface area contributed by atoms with Gasteiger partial charge in [-0.15, -0.1) is 0 Å². The summed E-state index contributed by atoms with van der Waals surface area (Å²) in [6.45, 7) is 5.39. The molecule has 1 N–H and O–H groups in total. The Bertz CT molecular complexity index is 203. The van der Waals surface area contributed by atoms with E-state index >= 15 is 0 Å².